The summed E-state index contributed by atoms with van der Waals surface area (Å²) in [6.07, 6.45) is 3.38. The van der Waals surface area contributed by atoms with Crippen molar-refractivity contribution >= 4 is 52.2 Å². The van der Waals surface area contributed by atoms with E-state index in [1.54, 1.807) is 36.4 Å². The highest BCUT2D eigenvalue weighted by Crippen LogP contribution is 2.35. The molecule has 1 saturated heterocycles. The van der Waals surface area contributed by atoms with Gasteiger partial charge in [-0.3, -0.25) is 14.9 Å². The molecule has 1 N–H and O–H groups in total. The summed E-state index contributed by atoms with van der Waals surface area (Å²) in [6.45, 7) is 5.03. The molecule has 1 aliphatic rings. The van der Waals surface area contributed by atoms with Gasteiger partial charge in [0.1, 0.15) is 17.9 Å². The number of methoxy groups -OCH3 is 1. The number of urea groups is 1. The van der Waals surface area contributed by atoms with E-state index in [2.05, 4.69) is 34.8 Å². The molecule has 3 aromatic carbocycles. The van der Waals surface area contributed by atoms with Gasteiger partial charge in [0, 0.05) is 0 Å². The van der Waals surface area contributed by atoms with E-state index in [0.717, 1.165) is 32.4 Å². The number of aryl methyl sites for hydroxylation is 1. The van der Waals surface area contributed by atoms with Crippen molar-refractivity contribution in [3.05, 3.63) is 86.5 Å². The number of hydrogen-bond donors (Lipinski definition) is 1. The van der Waals surface area contributed by atoms with Crippen molar-refractivity contribution < 1.29 is 28.6 Å². The van der Waals surface area contributed by atoms with Crippen molar-refractivity contribution in [1.29, 1.82) is 0 Å². The van der Waals surface area contributed by atoms with Gasteiger partial charge in [-0.1, -0.05) is 43.2 Å². The summed E-state index contributed by atoms with van der Waals surface area (Å²) < 4.78 is 18.0. The molecule has 0 bridgehead atoms. The molecular formula is C30H29IN2O6. The smallest absolute Gasteiger partial charge is 0.335 e. The third kappa shape index (κ3) is 6.78. The van der Waals surface area contributed by atoms with Crippen LogP contribution in [0.25, 0.3) is 6.08 Å². The SMILES string of the molecule is CCCCOc1ccc(N2C(=O)NC(=O)/C(=C/c3cc(I)c(OCc4cccc(C)c4)c(OC)c3)C2=O)cc1. The van der Waals surface area contributed by atoms with E-state index < -0.39 is 17.8 Å². The van der Waals surface area contributed by atoms with Crippen molar-refractivity contribution in [1.82, 2.24) is 5.32 Å². The molecule has 0 spiro atoms. The maximum Gasteiger partial charge on any atom is 0.335 e. The molecule has 1 fully saturated rings. The lowest BCUT2D eigenvalue weighted by Crippen LogP contribution is -2.54. The first-order chi connectivity index (χ1) is 18.8. The van der Waals surface area contributed by atoms with Gasteiger partial charge in [0.2, 0.25) is 0 Å². The Morgan fingerprint density at radius 2 is 1.77 bits per heavy atom. The minimum absolute atomic E-state index is 0.177. The fourth-order valence-corrected chi connectivity index (χ4v) is 4.79. The van der Waals surface area contributed by atoms with Crippen LogP contribution in [0.15, 0.2) is 66.2 Å². The van der Waals surface area contributed by atoms with Crippen LogP contribution < -0.4 is 24.4 Å². The molecule has 8 nitrogen and oxygen atoms in total. The molecule has 0 radical (unpaired) electrons. The highest BCUT2D eigenvalue weighted by atomic mass is 127. The Bertz CT molecular complexity index is 1420. The number of amides is 4. The van der Waals surface area contributed by atoms with Crippen LogP contribution in [-0.2, 0) is 16.2 Å². The molecule has 3 aromatic rings. The van der Waals surface area contributed by atoms with Crippen LogP contribution in [0.3, 0.4) is 0 Å². The van der Waals surface area contributed by atoms with Gasteiger partial charge in [-0.2, -0.15) is 0 Å². The number of nitrogens with zero attached hydrogens (tertiary/aromatic N) is 1. The van der Waals surface area contributed by atoms with Crippen LogP contribution in [0.1, 0.15) is 36.5 Å². The van der Waals surface area contributed by atoms with Gasteiger partial charge < -0.3 is 14.2 Å². The maximum absolute atomic E-state index is 13.3. The number of benzene rings is 3. The van der Waals surface area contributed by atoms with E-state index >= 15 is 0 Å². The van der Waals surface area contributed by atoms with Crippen LogP contribution in [-0.4, -0.2) is 31.6 Å². The molecule has 0 aliphatic carbocycles. The van der Waals surface area contributed by atoms with Gasteiger partial charge in [0.05, 0.1) is 23.0 Å². The van der Waals surface area contributed by atoms with Crippen LogP contribution in [0, 0.1) is 10.5 Å². The molecule has 1 heterocycles. The first kappa shape index (κ1) is 28.2. The summed E-state index contributed by atoms with van der Waals surface area (Å²) in [6, 6.07) is 17.3. The Labute approximate surface area is 241 Å². The fourth-order valence-electron chi connectivity index (χ4n) is 4.01. The number of halogens is 1. The zero-order valence-electron chi connectivity index (χ0n) is 22.0. The van der Waals surface area contributed by atoms with Gasteiger partial charge >= 0.3 is 6.03 Å². The van der Waals surface area contributed by atoms with Gasteiger partial charge in [-0.25, -0.2) is 9.69 Å². The highest BCUT2D eigenvalue weighted by molar-refractivity contribution is 14.1. The monoisotopic (exact) mass is 640 g/mol. The van der Waals surface area contributed by atoms with E-state index in [9.17, 15) is 14.4 Å². The second kappa shape index (κ2) is 12.8. The molecular weight excluding hydrogens is 611 g/mol. The van der Waals surface area contributed by atoms with Crippen molar-refractivity contribution in [2.75, 3.05) is 18.6 Å². The van der Waals surface area contributed by atoms with E-state index in [-0.39, 0.29) is 5.57 Å². The number of anilines is 1. The average Bonchev–Trinajstić information content (AvgIpc) is 2.91. The Hall–Kier alpha value is -3.86. The van der Waals surface area contributed by atoms with E-state index in [0.29, 0.717) is 41.7 Å². The molecule has 1 aliphatic heterocycles. The number of barbiturate groups is 1. The molecule has 0 aromatic heterocycles. The summed E-state index contributed by atoms with van der Waals surface area (Å²) in [5, 5.41) is 2.25. The number of carbonyl (C=O) groups is 3. The number of imide groups is 2. The van der Waals surface area contributed by atoms with Gasteiger partial charge in [0.15, 0.2) is 11.5 Å². The third-order valence-electron chi connectivity index (χ3n) is 5.99. The largest absolute Gasteiger partial charge is 0.494 e. The highest BCUT2D eigenvalue weighted by Gasteiger charge is 2.37. The predicted molar refractivity (Wildman–Crippen MR) is 157 cm³/mol. The standard InChI is InChI=1S/C30H29IN2O6/c1-4-5-13-38-23-11-9-22(10-12-23)33-29(35)24(28(34)32-30(33)36)15-21-16-25(31)27(26(17-21)37-3)39-18-20-8-6-7-19(2)14-20/h6-12,14-17H,4-5,13,18H2,1-3H3,(H,32,34,36)/b24-15-. The molecule has 0 unspecified atom stereocenters. The molecule has 0 atom stereocenters. The summed E-state index contributed by atoms with van der Waals surface area (Å²) in [5.74, 6) is 0.151. The normalized spacial score (nSPS) is 14.4. The molecule has 4 rings (SSSR count). The zero-order chi connectivity index (χ0) is 27.9. The molecule has 202 valence electrons. The Balaban J connectivity index is 1.57. The topological polar surface area (TPSA) is 94.2 Å². The van der Waals surface area contributed by atoms with Crippen molar-refractivity contribution in [2.45, 2.75) is 33.3 Å². The first-order valence-corrected chi connectivity index (χ1v) is 13.6. The summed E-state index contributed by atoms with van der Waals surface area (Å²) in [7, 11) is 1.52. The number of rotatable bonds is 10. The van der Waals surface area contributed by atoms with E-state index in [4.69, 9.17) is 14.2 Å². The van der Waals surface area contributed by atoms with E-state index in [1.165, 1.54) is 13.2 Å². The molecule has 39 heavy (non-hydrogen) atoms. The molecule has 4 amide bonds. The van der Waals surface area contributed by atoms with Crippen molar-refractivity contribution in [3.8, 4) is 17.2 Å². The number of carbonyl (C=O) groups excluding carboxylic acids is 3. The lowest BCUT2D eigenvalue weighted by molar-refractivity contribution is -0.122. The third-order valence-corrected chi connectivity index (χ3v) is 6.79. The lowest BCUT2D eigenvalue weighted by Gasteiger charge is -2.26. The average molecular weight is 640 g/mol. The first-order valence-electron chi connectivity index (χ1n) is 12.5. The molecule has 9 heteroatoms. The van der Waals surface area contributed by atoms with Gasteiger partial charge in [-0.15, -0.1) is 0 Å². The number of unbranched alkanes of at least 4 members (excludes halogenated alkanes) is 1. The van der Waals surface area contributed by atoms with E-state index in [1.807, 2.05) is 31.2 Å². The summed E-state index contributed by atoms with van der Waals surface area (Å²) in [5.41, 5.74) is 2.86. The maximum atomic E-state index is 13.3. The van der Waals surface area contributed by atoms with Crippen LogP contribution in [0.5, 0.6) is 17.2 Å². The Morgan fingerprint density at radius 3 is 2.46 bits per heavy atom. The minimum atomic E-state index is -0.811. The van der Waals surface area contributed by atoms with Crippen molar-refractivity contribution in [2.24, 2.45) is 0 Å². The second-order valence-corrected chi connectivity index (χ2v) is 10.1. The Kier molecular flexibility index (Phi) is 9.23. The zero-order valence-corrected chi connectivity index (χ0v) is 24.1. The van der Waals surface area contributed by atoms with Gasteiger partial charge in [0.25, 0.3) is 11.8 Å². The predicted octanol–water partition coefficient (Wildman–Crippen LogP) is 6.03. The molecule has 0 saturated carbocycles. The Morgan fingerprint density at radius 1 is 1.00 bits per heavy atom. The quantitative estimate of drug-likeness (QED) is 0.126. The minimum Gasteiger partial charge on any atom is -0.494 e. The van der Waals surface area contributed by atoms with Crippen LogP contribution in [0.2, 0.25) is 0 Å². The fraction of sp³-hybridized carbons (Fsp3) is 0.233. The second-order valence-electron chi connectivity index (χ2n) is 8.97. The van der Waals surface area contributed by atoms with Crippen LogP contribution >= 0.6 is 22.6 Å². The summed E-state index contributed by atoms with van der Waals surface area (Å²) in [4.78, 5) is 39.5. The number of ether oxygens (including phenoxy) is 3. The summed E-state index contributed by atoms with van der Waals surface area (Å²) >= 11 is 2.12. The number of nitrogens with one attached hydrogen (secondary N) is 1. The van der Waals surface area contributed by atoms with Gasteiger partial charge in [-0.05, 0) is 89.5 Å². The van der Waals surface area contributed by atoms with Crippen molar-refractivity contribution in [3.63, 3.8) is 0 Å². The number of hydrogen-bond acceptors (Lipinski definition) is 6. The lowest BCUT2D eigenvalue weighted by atomic mass is 10.1. The van der Waals surface area contributed by atoms with Crippen LogP contribution in [0.4, 0.5) is 10.5 Å².